The van der Waals surface area contributed by atoms with Gasteiger partial charge in [-0.25, -0.2) is 0 Å². The van der Waals surface area contributed by atoms with Crippen LogP contribution >= 0.6 is 23.5 Å². The molecule has 0 spiro atoms. The van der Waals surface area contributed by atoms with E-state index in [2.05, 4.69) is 58.1 Å². The lowest BCUT2D eigenvalue weighted by Gasteiger charge is -2.36. The lowest BCUT2D eigenvalue weighted by molar-refractivity contribution is 0.548. The molecule has 0 nitrogen and oxygen atoms in total. The van der Waals surface area contributed by atoms with Gasteiger partial charge in [0, 0.05) is 20.5 Å². The topological polar surface area (TPSA) is 0 Å². The van der Waals surface area contributed by atoms with E-state index < -0.39 is 0 Å². The highest BCUT2D eigenvalue weighted by molar-refractivity contribution is 8.09. The first-order valence-electron chi connectivity index (χ1n) is 5.75. The predicted molar refractivity (Wildman–Crippen MR) is 71.5 cm³/mol. The summed E-state index contributed by atoms with van der Waals surface area (Å²) in [6.07, 6.45) is 3.96. The summed E-state index contributed by atoms with van der Waals surface area (Å²) in [5.41, 5.74) is 0. The molecular formula is C12H24S2. The fraction of sp³-hybridized carbons (Fsp3) is 1.00. The van der Waals surface area contributed by atoms with Gasteiger partial charge >= 0.3 is 0 Å². The van der Waals surface area contributed by atoms with Crippen LogP contribution in [-0.4, -0.2) is 20.5 Å². The molecule has 2 atom stereocenters. The molecule has 1 fully saturated rings. The second kappa shape index (κ2) is 4.69. The molecule has 1 aliphatic rings. The molecule has 0 aromatic heterocycles. The fourth-order valence-electron chi connectivity index (χ4n) is 1.98. The van der Waals surface area contributed by atoms with Crippen LogP contribution in [0.25, 0.3) is 0 Å². The van der Waals surface area contributed by atoms with Crippen LogP contribution in [-0.2, 0) is 0 Å². The number of rotatable bonds is 6. The smallest absolute Gasteiger partial charge is 0.0280 e. The van der Waals surface area contributed by atoms with Gasteiger partial charge in [0.15, 0.2) is 0 Å². The van der Waals surface area contributed by atoms with Gasteiger partial charge in [0.2, 0.25) is 0 Å². The van der Waals surface area contributed by atoms with Crippen molar-refractivity contribution in [2.75, 3.05) is 5.75 Å². The van der Waals surface area contributed by atoms with Crippen molar-refractivity contribution >= 4 is 23.5 Å². The maximum Gasteiger partial charge on any atom is 0.0280 e. The highest BCUT2D eigenvalue weighted by atomic mass is 32.2. The SMILES string of the molecule is CCCC(C)(CC)SC(C)(C)C1CS1. The van der Waals surface area contributed by atoms with E-state index in [9.17, 15) is 0 Å². The van der Waals surface area contributed by atoms with Gasteiger partial charge < -0.3 is 0 Å². The predicted octanol–water partition coefficient (Wildman–Crippen LogP) is 4.58. The van der Waals surface area contributed by atoms with Gasteiger partial charge in [-0.15, -0.1) is 11.8 Å². The van der Waals surface area contributed by atoms with E-state index in [1.165, 1.54) is 25.0 Å². The molecule has 0 amide bonds. The van der Waals surface area contributed by atoms with Crippen LogP contribution in [0.3, 0.4) is 0 Å². The van der Waals surface area contributed by atoms with Crippen molar-refractivity contribution in [2.24, 2.45) is 0 Å². The van der Waals surface area contributed by atoms with Crippen molar-refractivity contribution in [3.8, 4) is 0 Å². The first-order chi connectivity index (χ1) is 6.43. The van der Waals surface area contributed by atoms with Crippen molar-refractivity contribution in [2.45, 2.75) is 68.6 Å². The van der Waals surface area contributed by atoms with Gasteiger partial charge in [-0.05, 0) is 26.7 Å². The van der Waals surface area contributed by atoms with Crippen LogP contribution in [0.2, 0.25) is 0 Å². The molecular weight excluding hydrogens is 208 g/mol. The van der Waals surface area contributed by atoms with E-state index >= 15 is 0 Å². The number of hydrogen-bond donors (Lipinski definition) is 0. The summed E-state index contributed by atoms with van der Waals surface area (Å²) < 4.78 is 0.978. The Balaban J connectivity index is 2.53. The van der Waals surface area contributed by atoms with Crippen molar-refractivity contribution in [3.63, 3.8) is 0 Å². The van der Waals surface area contributed by atoms with Gasteiger partial charge in [-0.3, -0.25) is 0 Å². The monoisotopic (exact) mass is 232 g/mol. The van der Waals surface area contributed by atoms with Crippen LogP contribution < -0.4 is 0 Å². The minimum absolute atomic E-state index is 0.477. The Morgan fingerprint density at radius 1 is 1.29 bits per heavy atom. The molecule has 0 aliphatic carbocycles. The summed E-state index contributed by atoms with van der Waals surface area (Å²) in [4.78, 5) is 0. The zero-order valence-corrected chi connectivity index (χ0v) is 11.9. The summed E-state index contributed by atoms with van der Waals surface area (Å²) >= 11 is 4.35. The Morgan fingerprint density at radius 2 is 1.86 bits per heavy atom. The summed E-state index contributed by atoms with van der Waals surface area (Å²) in [6, 6.07) is 0. The standard InChI is InChI=1S/C12H24S2/c1-6-8-12(5,7-2)14-11(3,4)10-9-13-10/h10H,6-9H2,1-5H3. The van der Waals surface area contributed by atoms with E-state index in [0.29, 0.717) is 9.49 Å². The molecule has 2 unspecified atom stereocenters. The van der Waals surface area contributed by atoms with Gasteiger partial charge in [-0.1, -0.05) is 27.2 Å². The van der Waals surface area contributed by atoms with E-state index in [1.54, 1.807) is 0 Å². The molecule has 2 heteroatoms. The maximum atomic E-state index is 2.44. The lowest BCUT2D eigenvalue weighted by atomic mass is 10.0. The molecule has 1 saturated heterocycles. The van der Waals surface area contributed by atoms with Gasteiger partial charge in [0.05, 0.1) is 0 Å². The number of hydrogen-bond acceptors (Lipinski definition) is 2. The average molecular weight is 232 g/mol. The molecule has 0 N–H and O–H groups in total. The first-order valence-corrected chi connectivity index (χ1v) is 7.62. The Bertz CT molecular complexity index is 185. The minimum Gasteiger partial charge on any atom is -0.155 e. The van der Waals surface area contributed by atoms with Crippen LogP contribution in [0, 0.1) is 0 Å². The zero-order valence-electron chi connectivity index (χ0n) is 10.2. The van der Waals surface area contributed by atoms with Crippen LogP contribution in [0.15, 0.2) is 0 Å². The Morgan fingerprint density at radius 3 is 2.21 bits per heavy atom. The maximum absolute atomic E-state index is 2.44. The summed E-state index contributed by atoms with van der Waals surface area (Å²) in [5, 5.41) is 0.912. The van der Waals surface area contributed by atoms with Crippen LogP contribution in [0.4, 0.5) is 0 Å². The van der Waals surface area contributed by atoms with Crippen molar-refractivity contribution in [1.82, 2.24) is 0 Å². The Labute approximate surface area is 98.0 Å². The Kier molecular flexibility index (Phi) is 4.28. The van der Waals surface area contributed by atoms with E-state index in [4.69, 9.17) is 0 Å². The van der Waals surface area contributed by atoms with Gasteiger partial charge in [0.1, 0.15) is 0 Å². The fourth-order valence-corrected chi connectivity index (χ4v) is 5.28. The lowest BCUT2D eigenvalue weighted by Crippen LogP contribution is -2.31. The third kappa shape index (κ3) is 3.37. The second-order valence-corrected chi connectivity index (χ2v) is 8.56. The normalized spacial score (nSPS) is 25.9. The van der Waals surface area contributed by atoms with Gasteiger partial charge in [-0.2, -0.15) is 11.8 Å². The summed E-state index contributed by atoms with van der Waals surface area (Å²) in [6.45, 7) is 11.9. The molecule has 0 radical (unpaired) electrons. The molecule has 1 rings (SSSR count). The molecule has 0 aromatic rings. The highest BCUT2D eigenvalue weighted by Gasteiger charge is 2.43. The van der Waals surface area contributed by atoms with Crippen LogP contribution in [0.1, 0.15) is 53.9 Å². The quantitative estimate of drug-likeness (QED) is 0.615. The second-order valence-electron chi connectivity index (χ2n) is 5.08. The highest BCUT2D eigenvalue weighted by Crippen LogP contribution is 2.52. The Hall–Kier alpha value is 0.700. The third-order valence-electron chi connectivity index (χ3n) is 3.14. The molecule has 1 aliphatic heterocycles. The average Bonchev–Trinajstić information content (AvgIpc) is 2.85. The third-order valence-corrected chi connectivity index (χ3v) is 6.35. The van der Waals surface area contributed by atoms with Crippen LogP contribution in [0.5, 0.6) is 0 Å². The minimum atomic E-state index is 0.477. The van der Waals surface area contributed by atoms with E-state index in [-0.39, 0.29) is 0 Å². The first kappa shape index (κ1) is 12.8. The number of thioether (sulfide) groups is 2. The van der Waals surface area contributed by atoms with E-state index in [0.717, 1.165) is 5.25 Å². The largest absolute Gasteiger partial charge is 0.155 e. The molecule has 0 saturated carbocycles. The van der Waals surface area contributed by atoms with Crippen molar-refractivity contribution < 1.29 is 0 Å². The van der Waals surface area contributed by atoms with Crippen molar-refractivity contribution in [1.29, 1.82) is 0 Å². The zero-order chi connectivity index (χ0) is 10.8. The molecule has 0 bridgehead atoms. The summed E-state index contributed by atoms with van der Waals surface area (Å²) in [7, 11) is 0. The van der Waals surface area contributed by atoms with Gasteiger partial charge in [0.25, 0.3) is 0 Å². The summed E-state index contributed by atoms with van der Waals surface area (Å²) in [5.74, 6) is 1.38. The van der Waals surface area contributed by atoms with E-state index in [1.807, 2.05) is 0 Å². The molecule has 1 heterocycles. The molecule has 0 aromatic carbocycles. The molecule has 84 valence electrons. The molecule has 14 heavy (non-hydrogen) atoms. The van der Waals surface area contributed by atoms with Crippen molar-refractivity contribution in [3.05, 3.63) is 0 Å².